The highest BCUT2D eigenvalue weighted by atomic mass is 32.2. The normalized spacial score (nSPS) is 11.4. The maximum absolute atomic E-state index is 12.7. The molecule has 7 nitrogen and oxygen atoms in total. The van der Waals surface area contributed by atoms with E-state index in [-0.39, 0.29) is 17.0 Å². The van der Waals surface area contributed by atoms with Crippen molar-refractivity contribution in [3.05, 3.63) is 71.5 Å². The summed E-state index contributed by atoms with van der Waals surface area (Å²) in [5.41, 5.74) is 3.21. The van der Waals surface area contributed by atoms with Gasteiger partial charge in [-0.3, -0.25) is 4.79 Å². The van der Waals surface area contributed by atoms with Crippen molar-refractivity contribution in [2.24, 2.45) is 0 Å². The zero-order valence-electron chi connectivity index (χ0n) is 15.9. The maximum Gasteiger partial charge on any atom is 0.255 e. The van der Waals surface area contributed by atoms with E-state index in [1.165, 1.54) is 12.1 Å². The summed E-state index contributed by atoms with van der Waals surface area (Å²) in [4.78, 5) is 12.8. The fourth-order valence-corrected chi connectivity index (χ4v) is 3.99. The van der Waals surface area contributed by atoms with Crippen LogP contribution in [0.3, 0.4) is 0 Å². The van der Waals surface area contributed by atoms with Crippen molar-refractivity contribution >= 4 is 21.6 Å². The lowest BCUT2D eigenvalue weighted by molar-refractivity contribution is 0.102. The third-order valence-corrected chi connectivity index (χ3v) is 5.81. The van der Waals surface area contributed by atoms with Crippen molar-refractivity contribution in [3.63, 3.8) is 0 Å². The molecule has 3 rings (SSSR count). The minimum Gasteiger partial charge on any atom is -0.319 e. The van der Waals surface area contributed by atoms with E-state index in [1.807, 2.05) is 44.2 Å². The van der Waals surface area contributed by atoms with Gasteiger partial charge in [0.25, 0.3) is 5.91 Å². The topological polar surface area (TPSA) is 93.1 Å². The summed E-state index contributed by atoms with van der Waals surface area (Å²) in [6, 6.07) is 15.6. The van der Waals surface area contributed by atoms with Gasteiger partial charge in [0.1, 0.15) is 0 Å². The molecule has 2 aromatic carbocycles. The molecule has 0 saturated heterocycles. The molecule has 0 fully saturated rings. The van der Waals surface area contributed by atoms with Gasteiger partial charge in [-0.2, -0.15) is 5.10 Å². The number of hydrogen-bond donors (Lipinski definition) is 2. The standard InChI is InChI=1S/C20H22N4O3S/c1-4-21-28(26,27)18-12-8-9-16(13-18)20(25)22-19-14(2)23-24(15(19)3)17-10-6-5-7-11-17/h5-13,21H,4H2,1-3H3,(H,22,25). The first-order chi connectivity index (χ1) is 13.3. The molecule has 8 heteroatoms. The van der Waals surface area contributed by atoms with Gasteiger partial charge in [0, 0.05) is 12.1 Å². The van der Waals surface area contributed by atoms with Crippen LogP contribution in [0.5, 0.6) is 0 Å². The maximum atomic E-state index is 12.7. The number of carbonyl (C=O) groups excluding carboxylic acids is 1. The van der Waals surface area contributed by atoms with Gasteiger partial charge < -0.3 is 5.32 Å². The Hall–Kier alpha value is -2.97. The van der Waals surface area contributed by atoms with E-state index in [2.05, 4.69) is 15.1 Å². The van der Waals surface area contributed by atoms with Gasteiger partial charge in [-0.1, -0.05) is 31.2 Å². The fourth-order valence-electron chi connectivity index (χ4n) is 2.91. The van der Waals surface area contributed by atoms with Crippen molar-refractivity contribution in [2.75, 3.05) is 11.9 Å². The van der Waals surface area contributed by atoms with Crippen molar-refractivity contribution in [3.8, 4) is 5.69 Å². The Bertz CT molecular complexity index is 1110. The van der Waals surface area contributed by atoms with E-state index in [9.17, 15) is 13.2 Å². The minimum absolute atomic E-state index is 0.0513. The van der Waals surface area contributed by atoms with Crippen molar-refractivity contribution in [2.45, 2.75) is 25.7 Å². The summed E-state index contributed by atoms with van der Waals surface area (Å²) in [6.07, 6.45) is 0. The van der Waals surface area contributed by atoms with E-state index >= 15 is 0 Å². The van der Waals surface area contributed by atoms with E-state index in [0.717, 1.165) is 11.4 Å². The average molecular weight is 398 g/mol. The highest BCUT2D eigenvalue weighted by Crippen LogP contribution is 2.23. The van der Waals surface area contributed by atoms with E-state index < -0.39 is 15.9 Å². The van der Waals surface area contributed by atoms with Crippen LogP contribution in [-0.4, -0.2) is 30.7 Å². The Balaban J connectivity index is 1.90. The van der Waals surface area contributed by atoms with Gasteiger partial charge in [0.2, 0.25) is 10.0 Å². The molecule has 1 aromatic heterocycles. The second-order valence-electron chi connectivity index (χ2n) is 6.28. The molecular weight excluding hydrogens is 376 g/mol. The summed E-state index contributed by atoms with van der Waals surface area (Å²) < 4.78 is 28.5. The third-order valence-electron chi connectivity index (χ3n) is 4.27. The zero-order valence-corrected chi connectivity index (χ0v) is 16.7. The van der Waals surface area contributed by atoms with Gasteiger partial charge in [0.15, 0.2) is 0 Å². The Kier molecular flexibility index (Phi) is 5.62. The second kappa shape index (κ2) is 7.95. The lowest BCUT2D eigenvalue weighted by Gasteiger charge is -2.09. The van der Waals surface area contributed by atoms with Gasteiger partial charge in [-0.05, 0) is 44.2 Å². The lowest BCUT2D eigenvalue weighted by Crippen LogP contribution is -2.23. The van der Waals surface area contributed by atoms with Crippen molar-refractivity contribution in [1.29, 1.82) is 0 Å². The van der Waals surface area contributed by atoms with Crippen LogP contribution in [0, 0.1) is 13.8 Å². The van der Waals surface area contributed by atoms with Gasteiger partial charge >= 0.3 is 0 Å². The number of aromatic nitrogens is 2. The Labute approximate surface area is 164 Å². The molecule has 0 aliphatic rings. The predicted octanol–water partition coefficient (Wildman–Crippen LogP) is 3.04. The van der Waals surface area contributed by atoms with E-state index in [0.29, 0.717) is 11.4 Å². The number of benzene rings is 2. The lowest BCUT2D eigenvalue weighted by atomic mass is 10.2. The summed E-state index contributed by atoms with van der Waals surface area (Å²) in [5.74, 6) is -0.396. The number of carbonyl (C=O) groups is 1. The van der Waals surface area contributed by atoms with Gasteiger partial charge in [-0.15, -0.1) is 0 Å². The zero-order chi connectivity index (χ0) is 20.3. The first-order valence-electron chi connectivity index (χ1n) is 8.86. The van der Waals surface area contributed by atoms with Crippen LogP contribution in [0.2, 0.25) is 0 Å². The minimum atomic E-state index is -3.63. The van der Waals surface area contributed by atoms with E-state index in [4.69, 9.17) is 0 Å². The summed E-state index contributed by atoms with van der Waals surface area (Å²) in [6.45, 7) is 5.66. The number of nitrogens with zero attached hydrogens (tertiary/aromatic N) is 2. The molecule has 1 heterocycles. The summed E-state index contributed by atoms with van der Waals surface area (Å²) in [7, 11) is -3.63. The molecule has 0 radical (unpaired) electrons. The van der Waals surface area contributed by atoms with Crippen molar-refractivity contribution in [1.82, 2.24) is 14.5 Å². The summed E-state index contributed by atoms with van der Waals surface area (Å²) in [5, 5.41) is 7.36. The Morgan fingerprint density at radius 2 is 1.79 bits per heavy atom. The van der Waals surface area contributed by atoms with Crippen LogP contribution in [-0.2, 0) is 10.0 Å². The molecule has 1 amide bonds. The molecule has 0 unspecified atom stereocenters. The number of rotatable bonds is 6. The molecule has 0 aliphatic heterocycles. The number of aryl methyl sites for hydroxylation is 1. The average Bonchev–Trinajstić information content (AvgIpc) is 2.97. The molecular formula is C20H22N4O3S. The molecule has 146 valence electrons. The smallest absolute Gasteiger partial charge is 0.255 e. The third kappa shape index (κ3) is 3.97. The molecule has 2 N–H and O–H groups in total. The van der Waals surface area contributed by atoms with Crippen molar-refractivity contribution < 1.29 is 13.2 Å². The first kappa shape index (κ1) is 19.8. The second-order valence-corrected chi connectivity index (χ2v) is 8.04. The molecule has 3 aromatic rings. The molecule has 0 saturated carbocycles. The fraction of sp³-hybridized carbons (Fsp3) is 0.200. The molecule has 0 atom stereocenters. The van der Waals surface area contributed by atoms with Gasteiger partial charge in [-0.25, -0.2) is 17.8 Å². The first-order valence-corrected chi connectivity index (χ1v) is 10.3. The Morgan fingerprint density at radius 3 is 2.46 bits per heavy atom. The van der Waals surface area contributed by atoms with Crippen LogP contribution in [0.25, 0.3) is 5.69 Å². The largest absolute Gasteiger partial charge is 0.319 e. The van der Waals surface area contributed by atoms with Crippen LogP contribution in [0.15, 0.2) is 59.5 Å². The molecule has 0 spiro atoms. The van der Waals surface area contributed by atoms with Crippen LogP contribution >= 0.6 is 0 Å². The number of para-hydroxylation sites is 1. The molecule has 0 aliphatic carbocycles. The SMILES string of the molecule is CCNS(=O)(=O)c1cccc(C(=O)Nc2c(C)nn(-c3ccccc3)c2C)c1. The molecule has 0 bridgehead atoms. The predicted molar refractivity (Wildman–Crippen MR) is 108 cm³/mol. The quantitative estimate of drug-likeness (QED) is 0.667. The van der Waals surface area contributed by atoms with Crippen LogP contribution in [0.1, 0.15) is 28.7 Å². The molecule has 28 heavy (non-hydrogen) atoms. The number of amides is 1. The van der Waals surface area contributed by atoms with Crippen LogP contribution in [0.4, 0.5) is 5.69 Å². The van der Waals surface area contributed by atoms with Gasteiger partial charge in [0.05, 0.1) is 27.7 Å². The number of hydrogen-bond acceptors (Lipinski definition) is 4. The number of nitrogens with one attached hydrogen (secondary N) is 2. The highest BCUT2D eigenvalue weighted by molar-refractivity contribution is 7.89. The monoisotopic (exact) mass is 398 g/mol. The Morgan fingerprint density at radius 1 is 1.07 bits per heavy atom. The summed E-state index contributed by atoms with van der Waals surface area (Å²) >= 11 is 0. The highest BCUT2D eigenvalue weighted by Gasteiger charge is 2.18. The van der Waals surface area contributed by atoms with Crippen LogP contribution < -0.4 is 10.0 Å². The number of anilines is 1. The number of sulfonamides is 1. The van der Waals surface area contributed by atoms with E-state index in [1.54, 1.807) is 23.7 Å².